The van der Waals surface area contributed by atoms with Crippen molar-refractivity contribution in [1.29, 1.82) is 0 Å². The molecule has 0 rings (SSSR count). The first-order chi connectivity index (χ1) is 8.16. The van der Waals surface area contributed by atoms with Gasteiger partial charge in [0, 0.05) is 13.5 Å². The summed E-state index contributed by atoms with van der Waals surface area (Å²) >= 11 is 0. The van der Waals surface area contributed by atoms with E-state index in [1.54, 1.807) is 0 Å². The number of hydrogen-bond donors (Lipinski definition) is 0. The predicted octanol–water partition coefficient (Wildman–Crippen LogP) is 1.75. The molecule has 0 aromatic rings. The zero-order valence-electron chi connectivity index (χ0n) is 11.1. The number of esters is 1. The zero-order chi connectivity index (χ0) is 12.9. The van der Waals surface area contributed by atoms with Crippen LogP contribution >= 0.6 is 0 Å². The number of unbranched alkanes of at least 4 members (excludes halogenated alkanes) is 1. The van der Waals surface area contributed by atoms with Crippen molar-refractivity contribution in [2.24, 2.45) is 0 Å². The molecular formula is C12H24O5. The lowest BCUT2D eigenvalue weighted by Crippen LogP contribution is -2.18. The average Bonchev–Trinajstić information content (AvgIpc) is 2.28. The highest BCUT2D eigenvalue weighted by atomic mass is 16.7. The maximum absolute atomic E-state index is 10.4. The highest BCUT2D eigenvalue weighted by Gasteiger charge is 2.01. The Bertz CT molecular complexity index is 184. The van der Waals surface area contributed by atoms with Crippen molar-refractivity contribution in [1.82, 2.24) is 0 Å². The first kappa shape index (κ1) is 16.4. The fraction of sp³-hybridized carbons (Fsp3) is 0.917. The normalized spacial score (nSPS) is 12.4. The van der Waals surface area contributed by atoms with Gasteiger partial charge in [0.15, 0.2) is 6.29 Å². The van der Waals surface area contributed by atoms with Crippen LogP contribution in [0.1, 0.15) is 33.6 Å². The predicted molar refractivity (Wildman–Crippen MR) is 63.7 cm³/mol. The van der Waals surface area contributed by atoms with Gasteiger partial charge in [-0.3, -0.25) is 4.79 Å². The summed E-state index contributed by atoms with van der Waals surface area (Å²) in [4.78, 5) is 10.4. The van der Waals surface area contributed by atoms with Gasteiger partial charge in [-0.25, -0.2) is 0 Å². The monoisotopic (exact) mass is 248 g/mol. The van der Waals surface area contributed by atoms with E-state index in [-0.39, 0.29) is 18.9 Å². The van der Waals surface area contributed by atoms with Crippen LogP contribution < -0.4 is 0 Å². The van der Waals surface area contributed by atoms with E-state index in [1.807, 2.05) is 6.92 Å². The Kier molecular flexibility index (Phi) is 11.4. The number of ether oxygens (including phenoxy) is 4. The van der Waals surface area contributed by atoms with Crippen LogP contribution in [0.2, 0.25) is 0 Å². The third-order valence-corrected chi connectivity index (χ3v) is 1.96. The van der Waals surface area contributed by atoms with E-state index in [0.29, 0.717) is 19.8 Å². The van der Waals surface area contributed by atoms with Crippen LogP contribution in [-0.2, 0) is 23.7 Å². The van der Waals surface area contributed by atoms with E-state index >= 15 is 0 Å². The third kappa shape index (κ3) is 13.3. The standard InChI is InChI=1S/C12H24O5/c1-4-5-6-16-12(3)17-10-8-14-7-9-15-11(2)13/h12H,4-10H2,1-3H3. The molecule has 0 aliphatic heterocycles. The summed E-state index contributed by atoms with van der Waals surface area (Å²) in [5.41, 5.74) is 0. The number of hydrogen-bond acceptors (Lipinski definition) is 5. The molecule has 5 nitrogen and oxygen atoms in total. The molecule has 5 heteroatoms. The quantitative estimate of drug-likeness (QED) is 0.317. The van der Waals surface area contributed by atoms with E-state index in [9.17, 15) is 4.79 Å². The van der Waals surface area contributed by atoms with Gasteiger partial charge in [0.1, 0.15) is 6.61 Å². The second-order valence-electron chi connectivity index (χ2n) is 3.62. The lowest BCUT2D eigenvalue weighted by Gasteiger charge is -2.13. The average molecular weight is 248 g/mol. The van der Waals surface area contributed by atoms with Crippen molar-refractivity contribution in [3.05, 3.63) is 0 Å². The van der Waals surface area contributed by atoms with Gasteiger partial charge in [-0.1, -0.05) is 13.3 Å². The molecule has 0 heterocycles. The fourth-order valence-corrected chi connectivity index (χ4v) is 1.06. The second-order valence-corrected chi connectivity index (χ2v) is 3.62. The van der Waals surface area contributed by atoms with Gasteiger partial charge in [-0.2, -0.15) is 0 Å². The van der Waals surface area contributed by atoms with Crippen LogP contribution in [0, 0.1) is 0 Å². The molecule has 102 valence electrons. The Balaban J connectivity index is 3.13. The Morgan fingerprint density at radius 2 is 1.71 bits per heavy atom. The SMILES string of the molecule is CCCCOC(C)OCCOCCOC(C)=O. The molecule has 0 aromatic carbocycles. The third-order valence-electron chi connectivity index (χ3n) is 1.96. The minimum atomic E-state index is -0.289. The van der Waals surface area contributed by atoms with Crippen LogP contribution in [-0.4, -0.2) is 45.3 Å². The molecule has 0 saturated heterocycles. The first-order valence-corrected chi connectivity index (χ1v) is 6.11. The van der Waals surface area contributed by atoms with Crippen LogP contribution in [0.4, 0.5) is 0 Å². The van der Waals surface area contributed by atoms with Crippen molar-refractivity contribution in [2.75, 3.05) is 33.0 Å². The van der Waals surface area contributed by atoms with Gasteiger partial charge in [-0.15, -0.1) is 0 Å². The molecule has 17 heavy (non-hydrogen) atoms. The van der Waals surface area contributed by atoms with Crippen molar-refractivity contribution in [2.45, 2.75) is 39.9 Å². The molecule has 0 N–H and O–H groups in total. The van der Waals surface area contributed by atoms with Gasteiger partial charge in [0.05, 0.1) is 19.8 Å². The van der Waals surface area contributed by atoms with Crippen molar-refractivity contribution in [3.63, 3.8) is 0 Å². The molecule has 0 radical (unpaired) electrons. The summed E-state index contributed by atoms with van der Waals surface area (Å²) in [7, 11) is 0. The Hall–Kier alpha value is -0.650. The van der Waals surface area contributed by atoms with Crippen molar-refractivity contribution >= 4 is 5.97 Å². The van der Waals surface area contributed by atoms with Gasteiger partial charge in [0.2, 0.25) is 0 Å². The minimum absolute atomic E-state index is 0.196. The molecule has 0 bridgehead atoms. The van der Waals surface area contributed by atoms with Crippen LogP contribution in [0.3, 0.4) is 0 Å². The molecule has 0 saturated carbocycles. The molecule has 0 amide bonds. The number of rotatable bonds is 11. The van der Waals surface area contributed by atoms with E-state index in [2.05, 4.69) is 6.92 Å². The number of carbonyl (C=O) groups excluding carboxylic acids is 1. The van der Waals surface area contributed by atoms with Gasteiger partial charge in [-0.05, 0) is 13.3 Å². The molecule has 1 atom stereocenters. The Morgan fingerprint density at radius 3 is 2.35 bits per heavy atom. The summed E-state index contributed by atoms with van der Waals surface area (Å²) in [6.07, 6.45) is 1.97. The molecular weight excluding hydrogens is 224 g/mol. The van der Waals surface area contributed by atoms with Crippen LogP contribution in [0.15, 0.2) is 0 Å². The smallest absolute Gasteiger partial charge is 0.302 e. The lowest BCUT2D eigenvalue weighted by molar-refractivity contribution is -0.146. The fourth-order valence-electron chi connectivity index (χ4n) is 1.06. The number of carbonyl (C=O) groups is 1. The lowest BCUT2D eigenvalue weighted by atomic mass is 10.4. The molecule has 1 unspecified atom stereocenters. The first-order valence-electron chi connectivity index (χ1n) is 6.11. The van der Waals surface area contributed by atoms with Gasteiger partial charge in [0.25, 0.3) is 0 Å². The Labute approximate surface area is 103 Å². The summed E-state index contributed by atoms with van der Waals surface area (Å²) in [6.45, 7) is 7.73. The molecule has 0 aliphatic carbocycles. The van der Waals surface area contributed by atoms with Crippen LogP contribution in [0.5, 0.6) is 0 Å². The van der Waals surface area contributed by atoms with E-state index in [1.165, 1.54) is 6.92 Å². The molecule has 0 aromatic heterocycles. The van der Waals surface area contributed by atoms with E-state index < -0.39 is 0 Å². The highest BCUT2D eigenvalue weighted by Crippen LogP contribution is 1.96. The summed E-state index contributed by atoms with van der Waals surface area (Å²) in [5.74, 6) is -0.289. The summed E-state index contributed by atoms with van der Waals surface area (Å²) < 4.78 is 20.7. The van der Waals surface area contributed by atoms with E-state index in [4.69, 9.17) is 18.9 Å². The molecule has 0 spiro atoms. The van der Waals surface area contributed by atoms with Crippen LogP contribution in [0.25, 0.3) is 0 Å². The zero-order valence-corrected chi connectivity index (χ0v) is 11.1. The van der Waals surface area contributed by atoms with E-state index in [0.717, 1.165) is 19.4 Å². The second kappa shape index (κ2) is 11.8. The van der Waals surface area contributed by atoms with Gasteiger partial charge >= 0.3 is 5.97 Å². The molecule has 0 fully saturated rings. The van der Waals surface area contributed by atoms with Gasteiger partial charge < -0.3 is 18.9 Å². The maximum atomic E-state index is 10.4. The minimum Gasteiger partial charge on any atom is -0.463 e. The van der Waals surface area contributed by atoms with Crippen molar-refractivity contribution < 1.29 is 23.7 Å². The maximum Gasteiger partial charge on any atom is 0.302 e. The summed E-state index contributed by atoms with van der Waals surface area (Å²) in [5, 5.41) is 0. The van der Waals surface area contributed by atoms with Crippen molar-refractivity contribution in [3.8, 4) is 0 Å². The highest BCUT2D eigenvalue weighted by molar-refractivity contribution is 5.65. The topological polar surface area (TPSA) is 54.0 Å². The molecule has 0 aliphatic rings. The largest absolute Gasteiger partial charge is 0.463 e. The Morgan fingerprint density at radius 1 is 1.06 bits per heavy atom. The summed E-state index contributed by atoms with van der Waals surface area (Å²) in [6, 6.07) is 0.